The van der Waals surface area contributed by atoms with Crippen molar-refractivity contribution in [2.75, 3.05) is 5.32 Å². The van der Waals surface area contributed by atoms with Gasteiger partial charge < -0.3 is 5.32 Å². The lowest BCUT2D eigenvalue weighted by atomic mass is 10.3. The minimum Gasteiger partial charge on any atom is -0.340 e. The van der Waals surface area contributed by atoms with E-state index < -0.39 is 0 Å². The average molecular weight is 285 g/mol. The molecule has 76 valence electrons. The van der Waals surface area contributed by atoms with Gasteiger partial charge in [-0.25, -0.2) is 9.97 Å². The second-order valence-electron chi connectivity index (χ2n) is 2.84. The van der Waals surface area contributed by atoms with Crippen molar-refractivity contribution in [3.05, 3.63) is 46.3 Å². The van der Waals surface area contributed by atoms with Gasteiger partial charge in [-0.1, -0.05) is 15.9 Å². The minimum atomic E-state index is 0.233. The third-order valence-corrected chi connectivity index (χ3v) is 2.45. The lowest BCUT2D eigenvalue weighted by molar-refractivity contribution is 1.17. The topological polar surface area (TPSA) is 37.8 Å². The SMILES string of the molecule is Clc1nccc(Nc2ccc(Br)cc2)n1. The van der Waals surface area contributed by atoms with Gasteiger partial charge >= 0.3 is 0 Å². The van der Waals surface area contributed by atoms with Gasteiger partial charge in [-0.05, 0) is 41.9 Å². The first-order valence-corrected chi connectivity index (χ1v) is 5.42. The maximum Gasteiger partial charge on any atom is 0.224 e. The number of nitrogens with one attached hydrogen (secondary N) is 1. The Morgan fingerprint density at radius 3 is 2.53 bits per heavy atom. The molecular formula is C10H7BrClN3. The first-order chi connectivity index (χ1) is 7.24. The van der Waals surface area contributed by atoms with E-state index >= 15 is 0 Å². The molecule has 15 heavy (non-hydrogen) atoms. The van der Waals surface area contributed by atoms with Gasteiger partial charge in [0, 0.05) is 16.4 Å². The Balaban J connectivity index is 2.18. The molecule has 0 bridgehead atoms. The first-order valence-electron chi connectivity index (χ1n) is 4.25. The molecule has 0 aliphatic carbocycles. The van der Waals surface area contributed by atoms with Crippen LogP contribution in [0.3, 0.4) is 0 Å². The van der Waals surface area contributed by atoms with Crippen LogP contribution in [0.4, 0.5) is 11.5 Å². The number of aromatic nitrogens is 2. The normalized spacial score (nSPS) is 10.0. The summed E-state index contributed by atoms with van der Waals surface area (Å²) in [5, 5.41) is 3.35. The van der Waals surface area contributed by atoms with Gasteiger partial charge in [-0.15, -0.1) is 0 Å². The molecule has 0 saturated heterocycles. The molecule has 0 fully saturated rings. The van der Waals surface area contributed by atoms with Gasteiger partial charge in [0.05, 0.1) is 0 Å². The molecular weight excluding hydrogens is 277 g/mol. The van der Waals surface area contributed by atoms with Crippen LogP contribution in [0.2, 0.25) is 5.28 Å². The molecule has 1 aromatic carbocycles. The predicted octanol–water partition coefficient (Wildman–Crippen LogP) is 3.64. The fourth-order valence-corrected chi connectivity index (χ4v) is 1.50. The second-order valence-corrected chi connectivity index (χ2v) is 4.10. The fourth-order valence-electron chi connectivity index (χ4n) is 1.09. The molecule has 0 atom stereocenters. The highest BCUT2D eigenvalue weighted by atomic mass is 79.9. The number of hydrogen-bond donors (Lipinski definition) is 1. The highest BCUT2D eigenvalue weighted by Crippen LogP contribution is 2.18. The number of anilines is 2. The summed E-state index contributed by atoms with van der Waals surface area (Å²) in [6.45, 7) is 0. The molecule has 3 nitrogen and oxygen atoms in total. The van der Waals surface area contributed by atoms with Crippen LogP contribution < -0.4 is 5.32 Å². The molecule has 1 N–H and O–H groups in total. The maximum absolute atomic E-state index is 5.67. The Labute approximate surface area is 101 Å². The van der Waals surface area contributed by atoms with E-state index in [1.165, 1.54) is 0 Å². The zero-order valence-electron chi connectivity index (χ0n) is 7.61. The van der Waals surface area contributed by atoms with E-state index in [4.69, 9.17) is 11.6 Å². The molecule has 0 amide bonds. The number of hydrogen-bond acceptors (Lipinski definition) is 3. The van der Waals surface area contributed by atoms with E-state index in [-0.39, 0.29) is 5.28 Å². The van der Waals surface area contributed by atoms with Crippen LogP contribution in [0.15, 0.2) is 41.0 Å². The smallest absolute Gasteiger partial charge is 0.224 e. The van der Waals surface area contributed by atoms with E-state index in [9.17, 15) is 0 Å². The summed E-state index contributed by atoms with van der Waals surface area (Å²) in [7, 11) is 0. The standard InChI is InChI=1S/C10H7BrClN3/c11-7-1-3-8(4-2-7)14-9-5-6-13-10(12)15-9/h1-6H,(H,13,14,15). The molecule has 0 saturated carbocycles. The highest BCUT2D eigenvalue weighted by Gasteiger charge is 1.97. The van der Waals surface area contributed by atoms with Gasteiger partial charge in [0.15, 0.2) is 0 Å². The Hall–Kier alpha value is -1.13. The van der Waals surface area contributed by atoms with Crippen molar-refractivity contribution in [1.82, 2.24) is 9.97 Å². The van der Waals surface area contributed by atoms with E-state index in [2.05, 4.69) is 31.2 Å². The Bertz CT molecular complexity index is 458. The second kappa shape index (κ2) is 4.59. The molecule has 0 unspecified atom stereocenters. The molecule has 0 spiro atoms. The summed E-state index contributed by atoms with van der Waals surface area (Å²) in [5.74, 6) is 0.678. The van der Waals surface area contributed by atoms with E-state index in [1.54, 1.807) is 12.3 Å². The lowest BCUT2D eigenvalue weighted by Gasteiger charge is -2.04. The first kappa shape index (κ1) is 10.4. The summed E-state index contributed by atoms with van der Waals surface area (Å²) in [6.07, 6.45) is 1.61. The number of rotatable bonds is 2. The molecule has 0 aliphatic rings. The summed E-state index contributed by atoms with van der Waals surface area (Å²) >= 11 is 9.03. The van der Waals surface area contributed by atoms with Gasteiger partial charge in [-0.2, -0.15) is 0 Å². The van der Waals surface area contributed by atoms with Crippen LogP contribution >= 0.6 is 27.5 Å². The molecule has 2 aromatic rings. The van der Waals surface area contributed by atoms with E-state index in [0.29, 0.717) is 5.82 Å². The number of nitrogens with zero attached hydrogens (tertiary/aromatic N) is 2. The van der Waals surface area contributed by atoms with Crippen molar-refractivity contribution in [3.63, 3.8) is 0 Å². The van der Waals surface area contributed by atoms with Gasteiger partial charge in [0.1, 0.15) is 5.82 Å². The molecule has 0 aliphatic heterocycles. The van der Waals surface area contributed by atoms with Crippen molar-refractivity contribution < 1.29 is 0 Å². The average Bonchev–Trinajstić information content (AvgIpc) is 2.22. The lowest BCUT2D eigenvalue weighted by Crippen LogP contribution is -1.93. The summed E-state index contributed by atoms with van der Waals surface area (Å²) in [4.78, 5) is 7.82. The zero-order chi connectivity index (χ0) is 10.7. The Morgan fingerprint density at radius 1 is 1.13 bits per heavy atom. The molecule has 1 aromatic heterocycles. The van der Waals surface area contributed by atoms with Crippen LogP contribution in [0.1, 0.15) is 0 Å². The number of benzene rings is 1. The summed E-state index contributed by atoms with van der Waals surface area (Å²) in [6, 6.07) is 9.55. The van der Waals surface area contributed by atoms with Crippen LogP contribution in [0.25, 0.3) is 0 Å². The highest BCUT2D eigenvalue weighted by molar-refractivity contribution is 9.10. The molecule has 0 radical (unpaired) electrons. The Kier molecular flexibility index (Phi) is 3.18. The van der Waals surface area contributed by atoms with E-state index in [0.717, 1.165) is 10.2 Å². The van der Waals surface area contributed by atoms with Crippen LogP contribution in [-0.2, 0) is 0 Å². The zero-order valence-corrected chi connectivity index (χ0v) is 9.96. The summed E-state index contributed by atoms with van der Waals surface area (Å²) in [5.41, 5.74) is 0.952. The van der Waals surface area contributed by atoms with Crippen molar-refractivity contribution in [2.24, 2.45) is 0 Å². The molecule has 5 heteroatoms. The van der Waals surface area contributed by atoms with Crippen molar-refractivity contribution in [2.45, 2.75) is 0 Å². The maximum atomic E-state index is 5.67. The minimum absolute atomic E-state index is 0.233. The largest absolute Gasteiger partial charge is 0.340 e. The molecule has 2 rings (SSSR count). The predicted molar refractivity (Wildman–Crippen MR) is 64.5 cm³/mol. The summed E-state index contributed by atoms with van der Waals surface area (Å²) < 4.78 is 1.04. The quantitative estimate of drug-likeness (QED) is 0.856. The van der Waals surface area contributed by atoms with Gasteiger partial charge in [0.2, 0.25) is 5.28 Å². The van der Waals surface area contributed by atoms with E-state index in [1.807, 2.05) is 24.3 Å². The number of halogens is 2. The monoisotopic (exact) mass is 283 g/mol. The molecule has 1 heterocycles. The fraction of sp³-hybridized carbons (Fsp3) is 0. The van der Waals surface area contributed by atoms with Crippen molar-refractivity contribution in [1.29, 1.82) is 0 Å². The third-order valence-electron chi connectivity index (χ3n) is 1.74. The van der Waals surface area contributed by atoms with Crippen LogP contribution in [-0.4, -0.2) is 9.97 Å². The van der Waals surface area contributed by atoms with Crippen molar-refractivity contribution >= 4 is 39.0 Å². The van der Waals surface area contributed by atoms with Crippen molar-refractivity contribution in [3.8, 4) is 0 Å². The Morgan fingerprint density at radius 2 is 1.87 bits per heavy atom. The van der Waals surface area contributed by atoms with Crippen LogP contribution in [0, 0.1) is 0 Å². The van der Waals surface area contributed by atoms with Gasteiger partial charge in [-0.3, -0.25) is 0 Å². The third kappa shape index (κ3) is 2.91. The van der Waals surface area contributed by atoms with Gasteiger partial charge in [0.25, 0.3) is 0 Å². The van der Waals surface area contributed by atoms with Crippen LogP contribution in [0.5, 0.6) is 0 Å².